The summed E-state index contributed by atoms with van der Waals surface area (Å²) in [5, 5.41) is 10.2. The summed E-state index contributed by atoms with van der Waals surface area (Å²) < 4.78 is 5.21. The molecule has 26 heavy (non-hydrogen) atoms. The van der Waals surface area contributed by atoms with E-state index >= 15 is 0 Å². The number of hydrogen-bond acceptors (Lipinski definition) is 8. The second-order valence-electron chi connectivity index (χ2n) is 6.12. The van der Waals surface area contributed by atoms with Crippen molar-refractivity contribution in [3.8, 4) is 0 Å². The molecular formula is C16H21N5O3S2. The summed E-state index contributed by atoms with van der Waals surface area (Å²) in [6.07, 6.45) is 2.79. The highest BCUT2D eigenvalue weighted by Gasteiger charge is 2.29. The van der Waals surface area contributed by atoms with E-state index in [-0.39, 0.29) is 23.6 Å². The maximum Gasteiger partial charge on any atom is 0.341 e. The Morgan fingerprint density at radius 1 is 1.50 bits per heavy atom. The Balaban J connectivity index is 1.75. The SMILES string of the molecule is CCOC(=O)c1c(NC(=O)CSc2n[nH]c(N)n2)sc2c1CC[C@H](C)C2. The number of nitrogens with two attached hydrogens (primary N) is 1. The number of nitrogens with zero attached hydrogens (tertiary/aromatic N) is 2. The molecular weight excluding hydrogens is 374 g/mol. The van der Waals surface area contributed by atoms with Crippen molar-refractivity contribution in [2.24, 2.45) is 5.92 Å². The third kappa shape index (κ3) is 4.18. The van der Waals surface area contributed by atoms with Crippen molar-refractivity contribution in [3.05, 3.63) is 16.0 Å². The van der Waals surface area contributed by atoms with Gasteiger partial charge in [0.2, 0.25) is 17.0 Å². The molecule has 2 heterocycles. The quantitative estimate of drug-likeness (QED) is 0.507. The molecule has 1 aliphatic carbocycles. The fourth-order valence-electron chi connectivity index (χ4n) is 2.87. The monoisotopic (exact) mass is 395 g/mol. The Kier molecular flexibility index (Phi) is 5.82. The number of aromatic amines is 1. The Morgan fingerprint density at radius 2 is 2.31 bits per heavy atom. The number of ether oxygens (including phenoxy) is 1. The largest absolute Gasteiger partial charge is 0.462 e. The summed E-state index contributed by atoms with van der Waals surface area (Å²) in [7, 11) is 0. The van der Waals surface area contributed by atoms with Gasteiger partial charge in [0.25, 0.3) is 0 Å². The normalized spacial score (nSPS) is 16.2. The number of hydrogen-bond donors (Lipinski definition) is 3. The lowest BCUT2D eigenvalue weighted by Gasteiger charge is -2.18. The van der Waals surface area contributed by atoms with Gasteiger partial charge in [-0.25, -0.2) is 9.89 Å². The number of esters is 1. The number of carbonyl (C=O) groups excluding carboxylic acids is 2. The first-order valence-electron chi connectivity index (χ1n) is 8.40. The summed E-state index contributed by atoms with van der Waals surface area (Å²) in [4.78, 5) is 29.9. The highest BCUT2D eigenvalue weighted by atomic mass is 32.2. The maximum atomic E-state index is 12.4. The minimum Gasteiger partial charge on any atom is -0.462 e. The van der Waals surface area contributed by atoms with E-state index in [4.69, 9.17) is 10.5 Å². The molecule has 8 nitrogen and oxygen atoms in total. The van der Waals surface area contributed by atoms with Gasteiger partial charge in [-0.2, -0.15) is 4.98 Å². The molecule has 0 saturated carbocycles. The molecule has 2 aromatic heterocycles. The van der Waals surface area contributed by atoms with Crippen LogP contribution >= 0.6 is 23.1 Å². The molecule has 0 aromatic carbocycles. The van der Waals surface area contributed by atoms with Crippen LogP contribution in [0, 0.1) is 5.92 Å². The summed E-state index contributed by atoms with van der Waals surface area (Å²) >= 11 is 2.65. The maximum absolute atomic E-state index is 12.4. The molecule has 0 unspecified atom stereocenters. The van der Waals surface area contributed by atoms with Crippen molar-refractivity contribution in [3.63, 3.8) is 0 Å². The number of carbonyl (C=O) groups is 2. The van der Waals surface area contributed by atoms with Gasteiger partial charge in [0, 0.05) is 4.88 Å². The van der Waals surface area contributed by atoms with Gasteiger partial charge in [0.1, 0.15) is 5.00 Å². The summed E-state index contributed by atoms with van der Waals surface area (Å²) in [5.74, 6) is 0.308. The number of fused-ring (bicyclic) bond motifs is 1. The van der Waals surface area contributed by atoms with Gasteiger partial charge in [-0.1, -0.05) is 18.7 Å². The Morgan fingerprint density at radius 3 is 3.00 bits per heavy atom. The second kappa shape index (κ2) is 8.09. The van der Waals surface area contributed by atoms with Crippen molar-refractivity contribution < 1.29 is 14.3 Å². The van der Waals surface area contributed by atoms with E-state index < -0.39 is 0 Å². The van der Waals surface area contributed by atoms with Gasteiger partial charge in [-0.15, -0.1) is 16.4 Å². The topological polar surface area (TPSA) is 123 Å². The number of thioether (sulfide) groups is 1. The molecule has 3 rings (SSSR count). The molecule has 1 amide bonds. The van der Waals surface area contributed by atoms with Crippen LogP contribution in [0.25, 0.3) is 0 Å². The first-order chi connectivity index (χ1) is 12.5. The number of aromatic nitrogens is 3. The Hall–Kier alpha value is -2.07. The highest BCUT2D eigenvalue weighted by Crippen LogP contribution is 2.40. The zero-order valence-corrected chi connectivity index (χ0v) is 16.3. The molecule has 4 N–H and O–H groups in total. The molecule has 10 heteroatoms. The molecule has 0 radical (unpaired) electrons. The third-order valence-corrected chi connectivity index (χ3v) is 6.08. The molecule has 1 aliphatic rings. The molecule has 140 valence electrons. The van der Waals surface area contributed by atoms with Gasteiger partial charge in [0.15, 0.2) is 0 Å². The van der Waals surface area contributed by atoms with Gasteiger partial charge in [0.05, 0.1) is 17.9 Å². The van der Waals surface area contributed by atoms with E-state index in [1.54, 1.807) is 6.92 Å². The standard InChI is InChI=1S/C16H21N5O3S2/c1-3-24-14(23)12-9-5-4-8(2)6-10(9)26-13(12)18-11(22)7-25-16-19-15(17)20-21-16/h8H,3-7H2,1-2H3,(H,18,22)(H3,17,19,20,21)/t8-/m0/s1. The second-order valence-corrected chi connectivity index (χ2v) is 8.16. The Labute approximate surface area is 159 Å². The average molecular weight is 396 g/mol. The van der Waals surface area contributed by atoms with E-state index in [0.29, 0.717) is 28.2 Å². The van der Waals surface area contributed by atoms with Gasteiger partial charge in [-0.3, -0.25) is 4.79 Å². The average Bonchev–Trinajstić information content (AvgIpc) is 3.15. The third-order valence-electron chi connectivity index (χ3n) is 4.06. The first kappa shape index (κ1) is 18.7. The lowest BCUT2D eigenvalue weighted by Crippen LogP contribution is -2.17. The van der Waals surface area contributed by atoms with Crippen LogP contribution in [0.4, 0.5) is 10.9 Å². The number of H-pyrrole nitrogens is 1. The van der Waals surface area contributed by atoms with Crippen LogP contribution < -0.4 is 11.1 Å². The fourth-order valence-corrected chi connectivity index (χ4v) is 4.89. The number of amides is 1. The number of thiophene rings is 1. The molecule has 0 spiro atoms. The van der Waals surface area contributed by atoms with Gasteiger partial charge < -0.3 is 15.8 Å². The zero-order chi connectivity index (χ0) is 18.7. The van der Waals surface area contributed by atoms with Gasteiger partial charge in [-0.05, 0) is 37.7 Å². The number of rotatable bonds is 6. The van der Waals surface area contributed by atoms with Crippen LogP contribution in [0.5, 0.6) is 0 Å². The van der Waals surface area contributed by atoms with Crippen molar-refractivity contribution >= 4 is 45.9 Å². The van der Waals surface area contributed by atoms with E-state index in [1.807, 2.05) is 0 Å². The lowest BCUT2D eigenvalue weighted by molar-refractivity contribution is -0.113. The fraction of sp³-hybridized carbons (Fsp3) is 0.500. The van der Waals surface area contributed by atoms with Crippen molar-refractivity contribution in [1.82, 2.24) is 15.2 Å². The highest BCUT2D eigenvalue weighted by molar-refractivity contribution is 7.99. The van der Waals surface area contributed by atoms with Crippen LogP contribution in [0.3, 0.4) is 0 Å². The van der Waals surface area contributed by atoms with Crippen LogP contribution in [0.15, 0.2) is 5.16 Å². The van der Waals surface area contributed by atoms with Crippen molar-refractivity contribution in [1.29, 1.82) is 0 Å². The minimum atomic E-state index is -0.371. The lowest BCUT2D eigenvalue weighted by atomic mass is 9.88. The molecule has 2 aromatic rings. The van der Waals surface area contributed by atoms with Gasteiger partial charge >= 0.3 is 5.97 Å². The van der Waals surface area contributed by atoms with E-state index in [2.05, 4.69) is 27.4 Å². The zero-order valence-electron chi connectivity index (χ0n) is 14.6. The summed E-state index contributed by atoms with van der Waals surface area (Å²) in [5.41, 5.74) is 7.00. The minimum absolute atomic E-state index is 0.124. The molecule has 0 aliphatic heterocycles. The predicted octanol–water partition coefficient (Wildman–Crippen LogP) is 2.48. The van der Waals surface area contributed by atoms with Crippen LogP contribution in [0.1, 0.15) is 41.1 Å². The van der Waals surface area contributed by atoms with Crippen LogP contribution in [-0.2, 0) is 22.4 Å². The molecule has 1 atom stereocenters. The summed E-state index contributed by atoms with van der Waals surface area (Å²) in [6, 6.07) is 0. The number of nitrogens with one attached hydrogen (secondary N) is 2. The van der Waals surface area contributed by atoms with Crippen molar-refractivity contribution in [2.45, 2.75) is 38.3 Å². The summed E-state index contributed by atoms with van der Waals surface area (Å²) in [6.45, 7) is 4.27. The smallest absolute Gasteiger partial charge is 0.341 e. The number of anilines is 2. The molecule has 0 fully saturated rings. The predicted molar refractivity (Wildman–Crippen MR) is 102 cm³/mol. The Bertz CT molecular complexity index is 817. The van der Waals surface area contributed by atoms with Crippen LogP contribution in [0.2, 0.25) is 0 Å². The van der Waals surface area contributed by atoms with E-state index in [1.165, 1.54) is 23.1 Å². The molecule has 0 saturated heterocycles. The first-order valence-corrected chi connectivity index (χ1v) is 10.2. The van der Waals surface area contributed by atoms with Crippen LogP contribution in [-0.4, -0.2) is 39.4 Å². The van der Waals surface area contributed by atoms with E-state index in [9.17, 15) is 9.59 Å². The van der Waals surface area contributed by atoms with Crippen molar-refractivity contribution in [2.75, 3.05) is 23.4 Å². The molecule has 0 bridgehead atoms. The number of nitrogen functional groups attached to an aromatic ring is 1. The van der Waals surface area contributed by atoms with E-state index in [0.717, 1.165) is 29.7 Å².